The number of carboxylic acid groups (broad SMARTS) is 2. The van der Waals surface area contributed by atoms with E-state index in [2.05, 4.69) is 6.08 Å². The Kier molecular flexibility index (Phi) is 6.12. The topological polar surface area (TPSA) is 149 Å². The minimum absolute atomic E-state index is 0.00645. The van der Waals surface area contributed by atoms with Gasteiger partial charge in [-0.05, 0) is 66.9 Å². The number of ketones is 2. The molecule has 0 aliphatic heterocycles. The van der Waals surface area contributed by atoms with E-state index in [9.17, 15) is 34.5 Å². The van der Waals surface area contributed by atoms with Gasteiger partial charge in [-0.3, -0.25) is 19.2 Å². The summed E-state index contributed by atoms with van der Waals surface area (Å²) in [5.41, 5.74) is -0.509. The summed E-state index contributed by atoms with van der Waals surface area (Å²) >= 11 is 0. The van der Waals surface area contributed by atoms with Crippen molar-refractivity contribution in [2.75, 3.05) is 0 Å². The predicted molar refractivity (Wildman–Crippen MR) is 116 cm³/mol. The van der Waals surface area contributed by atoms with Gasteiger partial charge in [-0.25, -0.2) is 0 Å². The van der Waals surface area contributed by atoms with Crippen molar-refractivity contribution in [1.29, 1.82) is 0 Å². The number of fused-ring (bicyclic) bond motifs is 5. The third-order valence-electron chi connectivity index (χ3n) is 9.13. The number of carboxylic acids is 2. The van der Waals surface area contributed by atoms with Crippen molar-refractivity contribution in [3.05, 3.63) is 23.8 Å². The number of carbonyl (C=O) groups is 4. The molecule has 8 nitrogen and oxygen atoms in total. The molecular formula is C25H32O8. The predicted octanol–water partition coefficient (Wildman–Crippen LogP) is 2.13. The van der Waals surface area contributed by atoms with Gasteiger partial charge >= 0.3 is 11.9 Å². The minimum Gasteiger partial charge on any atom is -0.481 e. The van der Waals surface area contributed by atoms with Crippen molar-refractivity contribution in [2.24, 2.45) is 34.5 Å². The van der Waals surface area contributed by atoms with Crippen LogP contribution in [-0.4, -0.2) is 56.1 Å². The summed E-state index contributed by atoms with van der Waals surface area (Å²) in [6.07, 6.45) is 5.13. The third-order valence-corrected chi connectivity index (χ3v) is 9.13. The highest BCUT2D eigenvalue weighted by molar-refractivity contribution is 5.92. The summed E-state index contributed by atoms with van der Waals surface area (Å²) in [7, 11) is 0. The molecule has 2 unspecified atom stereocenters. The molecule has 4 aliphatic carbocycles. The molecule has 4 N–H and O–H groups in total. The molecule has 2 saturated carbocycles. The Morgan fingerprint density at radius 1 is 1.03 bits per heavy atom. The third kappa shape index (κ3) is 3.77. The Hall–Kier alpha value is -2.32. The fourth-order valence-electron chi connectivity index (χ4n) is 7.66. The molecule has 0 radical (unpaired) electrons. The monoisotopic (exact) mass is 460 g/mol. The van der Waals surface area contributed by atoms with Crippen molar-refractivity contribution >= 4 is 23.5 Å². The smallest absolute Gasteiger partial charge is 0.306 e. The quantitative estimate of drug-likeness (QED) is 0.451. The van der Waals surface area contributed by atoms with Crippen LogP contribution in [-0.2, 0) is 19.2 Å². The molecule has 0 saturated heterocycles. The number of allylic oxidation sites excluding steroid dienone is 3. The summed E-state index contributed by atoms with van der Waals surface area (Å²) in [5, 5.41) is 39.7. The van der Waals surface area contributed by atoms with Gasteiger partial charge in [-0.2, -0.15) is 0 Å². The Labute approximate surface area is 192 Å². The second-order valence-electron chi connectivity index (χ2n) is 10.6. The van der Waals surface area contributed by atoms with Crippen LogP contribution >= 0.6 is 0 Å². The van der Waals surface area contributed by atoms with Gasteiger partial charge in [-0.1, -0.05) is 19.1 Å². The Morgan fingerprint density at radius 3 is 2.39 bits per heavy atom. The van der Waals surface area contributed by atoms with E-state index < -0.39 is 59.5 Å². The van der Waals surface area contributed by atoms with Gasteiger partial charge in [0.05, 0.1) is 18.9 Å². The molecule has 2 fully saturated rings. The molecule has 8 atom stereocenters. The highest BCUT2D eigenvalue weighted by atomic mass is 16.4. The lowest BCUT2D eigenvalue weighted by atomic mass is 9.46. The second kappa shape index (κ2) is 8.47. The number of hydrogen-bond acceptors (Lipinski definition) is 6. The SMILES string of the molecule is C[C@]12CC[C@H]3[C@@H](C=CC4=CC(=O)CC[C@@]43C(O)CC(=O)O)[C@@H]1CC[C@@H]2C(=O)C(O)CC(=O)O. The molecule has 0 spiro atoms. The number of carbonyl (C=O) groups excluding carboxylic acids is 2. The first-order chi connectivity index (χ1) is 15.5. The summed E-state index contributed by atoms with van der Waals surface area (Å²) in [6.45, 7) is 2.04. The molecule has 0 heterocycles. The van der Waals surface area contributed by atoms with Crippen LogP contribution in [0.1, 0.15) is 58.3 Å². The van der Waals surface area contributed by atoms with Crippen LogP contribution in [0.15, 0.2) is 23.8 Å². The first-order valence-electron chi connectivity index (χ1n) is 11.8. The highest BCUT2D eigenvalue weighted by Gasteiger charge is 2.62. The molecule has 4 rings (SSSR count). The van der Waals surface area contributed by atoms with Gasteiger partial charge in [-0.15, -0.1) is 0 Å². The molecule has 8 heteroatoms. The normalized spacial score (nSPS) is 39.0. The maximum absolute atomic E-state index is 13.0. The standard InChI is InChI=1S/C25H32O8/c1-24-8-7-17-15(16(24)4-5-18(24)23(33)19(27)11-21(29)30)3-2-13-10-14(26)6-9-25(13,17)20(28)12-22(31)32/h2-3,10,15-20,27-28H,4-9,11-12H2,1H3,(H,29,30)(H,31,32)/t15-,16-,17-,18+,19?,20?,24-,25+/m0/s1. The second-order valence-corrected chi connectivity index (χ2v) is 10.6. The van der Waals surface area contributed by atoms with E-state index in [0.29, 0.717) is 31.3 Å². The maximum atomic E-state index is 13.0. The van der Waals surface area contributed by atoms with E-state index in [4.69, 9.17) is 5.11 Å². The van der Waals surface area contributed by atoms with E-state index in [1.54, 1.807) is 6.08 Å². The van der Waals surface area contributed by atoms with Crippen molar-refractivity contribution in [3.8, 4) is 0 Å². The fraction of sp³-hybridized carbons (Fsp3) is 0.680. The van der Waals surface area contributed by atoms with Crippen LogP contribution in [0.4, 0.5) is 0 Å². The average molecular weight is 461 g/mol. The van der Waals surface area contributed by atoms with E-state index in [1.807, 2.05) is 13.0 Å². The molecule has 0 amide bonds. The summed E-state index contributed by atoms with van der Waals surface area (Å²) in [6, 6.07) is 0. The van der Waals surface area contributed by atoms with Crippen molar-refractivity contribution < 1.29 is 39.6 Å². The number of rotatable bonds is 7. The Balaban J connectivity index is 1.67. The van der Waals surface area contributed by atoms with Crippen LogP contribution in [0.25, 0.3) is 0 Å². The molecule has 33 heavy (non-hydrogen) atoms. The van der Waals surface area contributed by atoms with Gasteiger partial charge in [0.1, 0.15) is 6.10 Å². The van der Waals surface area contributed by atoms with Crippen LogP contribution in [0.5, 0.6) is 0 Å². The molecule has 4 aliphatic rings. The zero-order chi connectivity index (χ0) is 24.1. The maximum Gasteiger partial charge on any atom is 0.306 e. The van der Waals surface area contributed by atoms with Gasteiger partial charge in [0.2, 0.25) is 0 Å². The minimum atomic E-state index is -1.52. The van der Waals surface area contributed by atoms with Crippen molar-refractivity contribution in [1.82, 2.24) is 0 Å². The average Bonchev–Trinajstić information content (AvgIpc) is 3.08. The van der Waals surface area contributed by atoms with Gasteiger partial charge in [0.25, 0.3) is 0 Å². The zero-order valence-electron chi connectivity index (χ0n) is 18.8. The van der Waals surface area contributed by atoms with Crippen LogP contribution in [0.3, 0.4) is 0 Å². The summed E-state index contributed by atoms with van der Waals surface area (Å²) in [5.74, 6) is -3.12. The zero-order valence-corrected chi connectivity index (χ0v) is 18.8. The molecule has 180 valence electrons. The van der Waals surface area contributed by atoms with E-state index >= 15 is 0 Å². The van der Waals surface area contributed by atoms with Crippen LogP contribution in [0.2, 0.25) is 0 Å². The number of aliphatic carboxylic acids is 2. The number of Topliss-reactive ketones (excluding diaryl/α,β-unsaturated/α-hetero) is 1. The van der Waals surface area contributed by atoms with Gasteiger partial charge in [0, 0.05) is 17.8 Å². The number of aliphatic hydroxyl groups is 2. The number of hydrogen-bond donors (Lipinski definition) is 4. The molecule has 0 aromatic rings. The van der Waals surface area contributed by atoms with Gasteiger partial charge < -0.3 is 20.4 Å². The Morgan fingerprint density at radius 2 is 1.73 bits per heavy atom. The summed E-state index contributed by atoms with van der Waals surface area (Å²) < 4.78 is 0. The first kappa shape index (κ1) is 23.8. The van der Waals surface area contributed by atoms with Crippen LogP contribution in [0, 0.1) is 34.5 Å². The van der Waals surface area contributed by atoms with Crippen molar-refractivity contribution in [3.63, 3.8) is 0 Å². The van der Waals surface area contributed by atoms with Gasteiger partial charge in [0.15, 0.2) is 11.6 Å². The largest absolute Gasteiger partial charge is 0.481 e. The molecular weight excluding hydrogens is 428 g/mol. The first-order valence-corrected chi connectivity index (χ1v) is 11.8. The molecule has 0 aromatic heterocycles. The van der Waals surface area contributed by atoms with E-state index in [1.165, 1.54) is 0 Å². The van der Waals surface area contributed by atoms with E-state index in [0.717, 1.165) is 6.42 Å². The lowest BCUT2D eigenvalue weighted by Crippen LogP contribution is -2.55. The van der Waals surface area contributed by atoms with Crippen molar-refractivity contribution in [2.45, 2.75) is 70.5 Å². The van der Waals surface area contributed by atoms with E-state index in [-0.39, 0.29) is 30.0 Å². The Bertz CT molecular complexity index is 935. The lowest BCUT2D eigenvalue weighted by Gasteiger charge is -2.58. The molecule has 0 bridgehead atoms. The summed E-state index contributed by atoms with van der Waals surface area (Å²) in [4.78, 5) is 47.6. The van der Waals surface area contributed by atoms with Crippen LogP contribution < -0.4 is 0 Å². The molecule has 0 aromatic carbocycles. The fourth-order valence-corrected chi connectivity index (χ4v) is 7.66. The highest BCUT2D eigenvalue weighted by Crippen LogP contribution is 2.66. The number of aliphatic hydroxyl groups excluding tert-OH is 2. The lowest BCUT2D eigenvalue weighted by molar-refractivity contribution is -0.148.